The number of nitrogens with one attached hydrogen (secondary N) is 2. The lowest BCUT2D eigenvalue weighted by Gasteiger charge is -2.29. The van der Waals surface area contributed by atoms with Crippen molar-refractivity contribution < 1.29 is 28.2 Å². The van der Waals surface area contributed by atoms with Crippen LogP contribution in [0.25, 0.3) is 32.9 Å². The van der Waals surface area contributed by atoms with Crippen molar-refractivity contribution in [3.8, 4) is 11.3 Å². The molecule has 0 aliphatic heterocycles. The summed E-state index contributed by atoms with van der Waals surface area (Å²) < 4.78 is 8.86. The van der Waals surface area contributed by atoms with E-state index in [1.165, 1.54) is 22.0 Å². The van der Waals surface area contributed by atoms with Crippen LogP contribution in [0.4, 0.5) is 10.5 Å². The monoisotopic (exact) mass is 632 g/mol. The largest absolute Gasteiger partial charge is 0.444 e. The van der Waals surface area contributed by atoms with E-state index in [9.17, 15) is 9.59 Å². The smallest absolute Gasteiger partial charge is 0.412 e. The third-order valence-electron chi connectivity index (χ3n) is 7.92. The molecule has 0 unspecified atom stereocenters. The summed E-state index contributed by atoms with van der Waals surface area (Å²) in [5.41, 5.74) is 4.70. The van der Waals surface area contributed by atoms with Crippen LogP contribution in [0.2, 0.25) is 0 Å². The highest BCUT2D eigenvalue weighted by atomic mass is 32.1. The number of carbonyl (C=O) groups excluding carboxylic acids is 2. The van der Waals surface area contributed by atoms with Gasteiger partial charge >= 0.3 is 12.1 Å². The normalized spacial score (nSPS) is 12.0. The minimum absolute atomic E-state index is 0.285. The number of quaternary nitrogens is 1. The summed E-state index contributed by atoms with van der Waals surface area (Å²) in [5, 5.41) is 6.48. The number of aryl methyl sites for hydroxylation is 2. The first kappa shape index (κ1) is 34.2. The molecule has 45 heavy (non-hydrogen) atoms. The van der Waals surface area contributed by atoms with E-state index in [1.54, 1.807) is 0 Å². The Labute approximate surface area is 272 Å². The van der Waals surface area contributed by atoms with Crippen molar-refractivity contribution >= 4 is 52.2 Å². The predicted octanol–water partition coefficient (Wildman–Crippen LogP) is 7.52. The SMILES string of the molecule is Cc1ccc2c(c1)c(-c1ccccc1)[n+](CCC[N+](C)(C)CCCCCC(=O)ONS)c1cc(NC(=O)OC(C)(C)C)ccc21. The van der Waals surface area contributed by atoms with Gasteiger partial charge < -0.3 is 14.1 Å². The number of fused-ring (bicyclic) bond motifs is 3. The van der Waals surface area contributed by atoms with Crippen LogP contribution in [-0.4, -0.2) is 49.3 Å². The Morgan fingerprint density at radius 2 is 1.58 bits per heavy atom. The molecule has 9 heteroatoms. The average molecular weight is 633 g/mol. The molecular weight excluding hydrogens is 584 g/mol. The molecule has 240 valence electrons. The summed E-state index contributed by atoms with van der Waals surface area (Å²) in [5.74, 6) is -0.285. The number of unbranched alkanes of at least 4 members (excludes halogenated alkanes) is 2. The van der Waals surface area contributed by atoms with E-state index in [1.807, 2.05) is 32.9 Å². The molecule has 3 aromatic carbocycles. The van der Waals surface area contributed by atoms with Crippen molar-refractivity contribution in [3.05, 3.63) is 72.3 Å². The van der Waals surface area contributed by atoms with E-state index < -0.39 is 11.7 Å². The summed E-state index contributed by atoms with van der Waals surface area (Å²) >= 11 is 3.70. The van der Waals surface area contributed by atoms with Gasteiger partial charge in [0.2, 0.25) is 11.2 Å². The summed E-state index contributed by atoms with van der Waals surface area (Å²) in [7, 11) is 4.54. The first-order valence-electron chi connectivity index (χ1n) is 15.7. The van der Waals surface area contributed by atoms with Gasteiger partial charge in [0.15, 0.2) is 6.54 Å². The number of nitrogens with zero attached hydrogens (tertiary/aromatic N) is 2. The minimum Gasteiger partial charge on any atom is -0.444 e. The van der Waals surface area contributed by atoms with Gasteiger partial charge in [-0.3, -0.25) is 10.1 Å². The number of rotatable bonds is 13. The summed E-state index contributed by atoms with van der Waals surface area (Å²) in [6.45, 7) is 10.6. The number of amides is 1. The highest BCUT2D eigenvalue weighted by molar-refractivity contribution is 7.77. The van der Waals surface area contributed by atoms with Crippen LogP contribution >= 0.6 is 12.8 Å². The first-order chi connectivity index (χ1) is 21.4. The number of anilines is 1. The minimum atomic E-state index is -0.587. The fourth-order valence-corrected chi connectivity index (χ4v) is 5.93. The molecule has 1 heterocycles. The molecule has 8 nitrogen and oxygen atoms in total. The third-order valence-corrected chi connectivity index (χ3v) is 8.01. The highest BCUT2D eigenvalue weighted by Crippen LogP contribution is 2.33. The van der Waals surface area contributed by atoms with Crippen molar-refractivity contribution in [2.75, 3.05) is 32.5 Å². The van der Waals surface area contributed by atoms with Crippen molar-refractivity contribution in [1.29, 1.82) is 0 Å². The second-order valence-corrected chi connectivity index (χ2v) is 13.6. The Balaban J connectivity index is 1.66. The highest BCUT2D eigenvalue weighted by Gasteiger charge is 2.26. The Morgan fingerprint density at radius 1 is 0.867 bits per heavy atom. The van der Waals surface area contributed by atoms with E-state index >= 15 is 0 Å². The molecule has 0 aliphatic carbocycles. The van der Waals surface area contributed by atoms with Gasteiger partial charge in [-0.05, 0) is 77.3 Å². The van der Waals surface area contributed by atoms with Gasteiger partial charge in [-0.15, -0.1) is 0 Å². The molecule has 0 radical (unpaired) electrons. The lowest BCUT2D eigenvalue weighted by molar-refractivity contribution is -0.892. The van der Waals surface area contributed by atoms with E-state index in [0.717, 1.165) is 66.3 Å². The van der Waals surface area contributed by atoms with E-state index in [2.05, 4.69) is 108 Å². The third kappa shape index (κ3) is 9.66. The number of benzene rings is 3. The molecule has 0 fully saturated rings. The Bertz CT molecular complexity index is 1630. The Morgan fingerprint density at radius 3 is 2.29 bits per heavy atom. The zero-order valence-corrected chi connectivity index (χ0v) is 28.4. The van der Waals surface area contributed by atoms with Crippen molar-refractivity contribution in [2.45, 2.75) is 71.9 Å². The molecular formula is C36H48N4O4S+2. The maximum absolute atomic E-state index is 12.7. The van der Waals surface area contributed by atoms with Gasteiger partial charge in [0.05, 0.1) is 50.1 Å². The molecule has 0 atom stereocenters. The summed E-state index contributed by atoms with van der Waals surface area (Å²) in [4.78, 5) is 31.1. The zero-order valence-electron chi connectivity index (χ0n) is 27.5. The van der Waals surface area contributed by atoms with Gasteiger partial charge in [-0.2, -0.15) is 4.57 Å². The van der Waals surface area contributed by atoms with Crippen LogP contribution in [0.15, 0.2) is 66.7 Å². The first-order valence-corrected chi connectivity index (χ1v) is 16.2. The number of pyridine rings is 1. The number of ether oxygens (including phenoxy) is 1. The number of aromatic nitrogens is 1. The standard InChI is InChI=1S/C36H47N4O4S/c1-26-17-19-29-30-20-18-28(37-35(42)43-36(2,3)4)25-32(30)39(34(31(29)24-26)27-14-9-7-10-15-27)21-13-23-40(5,6)22-12-8-11-16-33(41)44-38-45/h7,9-10,14-15,17-20,24-25,38,45H,8,11-13,16,21-23H2,1-6H3/q+1/p+1. The molecule has 2 N–H and O–H groups in total. The quantitative estimate of drug-likeness (QED) is 0.0355. The number of carbonyl (C=O) groups is 2. The maximum atomic E-state index is 12.7. The lowest BCUT2D eigenvalue weighted by atomic mass is 9.97. The van der Waals surface area contributed by atoms with Crippen molar-refractivity contribution in [2.24, 2.45) is 0 Å². The Hall–Kier alpha value is -3.66. The van der Waals surface area contributed by atoms with Crippen LogP contribution in [0, 0.1) is 6.92 Å². The van der Waals surface area contributed by atoms with E-state index in [4.69, 9.17) is 4.74 Å². The molecule has 1 amide bonds. The van der Waals surface area contributed by atoms with Crippen molar-refractivity contribution in [1.82, 2.24) is 4.89 Å². The molecule has 0 bridgehead atoms. The van der Waals surface area contributed by atoms with Crippen LogP contribution in [-0.2, 0) is 20.9 Å². The van der Waals surface area contributed by atoms with Crippen molar-refractivity contribution in [3.63, 3.8) is 0 Å². The molecule has 1 aromatic heterocycles. The van der Waals surface area contributed by atoms with Gasteiger partial charge in [0, 0.05) is 23.4 Å². The van der Waals surface area contributed by atoms with Crippen LogP contribution in [0.5, 0.6) is 0 Å². The fourth-order valence-electron chi connectivity index (χ4n) is 5.83. The van der Waals surface area contributed by atoms with Crippen LogP contribution in [0.1, 0.15) is 58.4 Å². The Kier molecular flexibility index (Phi) is 11.5. The van der Waals surface area contributed by atoms with Gasteiger partial charge in [-0.1, -0.05) is 53.6 Å². The lowest BCUT2D eigenvalue weighted by Crippen LogP contribution is -2.44. The van der Waals surface area contributed by atoms with Gasteiger partial charge in [0.25, 0.3) is 0 Å². The predicted molar refractivity (Wildman–Crippen MR) is 185 cm³/mol. The van der Waals surface area contributed by atoms with Crippen LogP contribution in [0.3, 0.4) is 0 Å². The molecule has 0 saturated heterocycles. The summed E-state index contributed by atoms with van der Waals surface area (Å²) in [6.07, 6.45) is 3.69. The molecule has 0 spiro atoms. The topological polar surface area (TPSA) is 80.5 Å². The number of thiol groups is 1. The molecule has 0 saturated carbocycles. The second kappa shape index (κ2) is 15.1. The van der Waals surface area contributed by atoms with Gasteiger partial charge in [-0.25, -0.2) is 4.79 Å². The van der Waals surface area contributed by atoms with E-state index in [0.29, 0.717) is 12.1 Å². The average Bonchev–Trinajstić information content (AvgIpc) is 2.96. The molecule has 4 aromatic rings. The van der Waals surface area contributed by atoms with Gasteiger partial charge in [0.1, 0.15) is 5.60 Å². The molecule has 4 rings (SSSR count). The maximum Gasteiger partial charge on any atom is 0.412 e. The second-order valence-electron chi connectivity index (χ2n) is 13.4. The van der Waals surface area contributed by atoms with E-state index in [-0.39, 0.29) is 5.97 Å². The number of hydrogen-bond donors (Lipinski definition) is 3. The van der Waals surface area contributed by atoms with Crippen LogP contribution < -0.4 is 14.8 Å². The number of hydrogen-bond acceptors (Lipinski definition) is 6. The fraction of sp³-hybridized carbons (Fsp3) is 0.417. The molecule has 0 aliphatic rings. The summed E-state index contributed by atoms with van der Waals surface area (Å²) in [6, 6.07) is 23.3. The zero-order chi connectivity index (χ0) is 32.6.